The van der Waals surface area contributed by atoms with Crippen molar-refractivity contribution >= 4 is 23.4 Å². The van der Waals surface area contributed by atoms with Crippen LogP contribution in [0.25, 0.3) is 0 Å². The number of benzene rings is 2. The lowest BCUT2D eigenvalue weighted by molar-refractivity contribution is -0.140. The molecule has 0 spiro atoms. The third-order valence-corrected chi connectivity index (χ3v) is 6.48. The largest absolute Gasteiger partial charge is 0.352 e. The van der Waals surface area contributed by atoms with Crippen LogP contribution in [0.2, 0.25) is 5.02 Å². The summed E-state index contributed by atoms with van der Waals surface area (Å²) in [6, 6.07) is 13.3. The van der Waals surface area contributed by atoms with E-state index in [1.165, 1.54) is 6.42 Å². The quantitative estimate of drug-likeness (QED) is 0.629. The first-order valence-electron chi connectivity index (χ1n) is 11.2. The van der Waals surface area contributed by atoms with Gasteiger partial charge in [-0.25, -0.2) is 0 Å². The van der Waals surface area contributed by atoms with Gasteiger partial charge in [0.2, 0.25) is 11.8 Å². The van der Waals surface area contributed by atoms with E-state index in [1.807, 2.05) is 51.1 Å². The van der Waals surface area contributed by atoms with Crippen LogP contribution < -0.4 is 5.32 Å². The molecule has 0 heterocycles. The molecule has 1 atom stereocenters. The number of carbonyl (C=O) groups is 2. The Morgan fingerprint density at radius 3 is 2.42 bits per heavy atom. The van der Waals surface area contributed by atoms with Crippen LogP contribution in [0.5, 0.6) is 0 Å². The Balaban J connectivity index is 1.78. The molecule has 31 heavy (non-hydrogen) atoms. The number of halogens is 1. The average Bonchev–Trinajstić information content (AvgIpc) is 2.76. The zero-order valence-corrected chi connectivity index (χ0v) is 19.5. The van der Waals surface area contributed by atoms with Gasteiger partial charge in [-0.2, -0.15) is 0 Å². The summed E-state index contributed by atoms with van der Waals surface area (Å²) in [5, 5.41) is 3.83. The predicted octanol–water partition coefficient (Wildman–Crippen LogP) is 5.37. The van der Waals surface area contributed by atoms with Crippen molar-refractivity contribution in [2.24, 2.45) is 0 Å². The van der Waals surface area contributed by atoms with Crippen molar-refractivity contribution in [3.8, 4) is 0 Å². The van der Waals surface area contributed by atoms with E-state index in [9.17, 15) is 9.59 Å². The second-order valence-corrected chi connectivity index (χ2v) is 9.21. The standard InChI is InChI=1S/C26H33ClN2O2/c1-18-9-10-19(2)22(15-18)16-25(30)29(17-21-11-13-23(27)14-12-21)20(3)26(31)28-24-7-5-4-6-8-24/h9-15,20,24H,4-8,16-17H2,1-3H3,(H,28,31). The molecule has 1 unspecified atom stereocenters. The van der Waals surface area contributed by atoms with Crippen LogP contribution in [0.3, 0.4) is 0 Å². The second-order valence-electron chi connectivity index (χ2n) is 8.77. The molecule has 1 aliphatic carbocycles. The Bertz CT molecular complexity index is 904. The van der Waals surface area contributed by atoms with Gasteiger partial charge in [0.25, 0.3) is 0 Å². The first-order chi connectivity index (χ1) is 14.8. The molecule has 4 nitrogen and oxygen atoms in total. The summed E-state index contributed by atoms with van der Waals surface area (Å²) in [4.78, 5) is 28.2. The highest BCUT2D eigenvalue weighted by molar-refractivity contribution is 6.30. The van der Waals surface area contributed by atoms with Crippen molar-refractivity contribution < 1.29 is 9.59 Å². The SMILES string of the molecule is Cc1ccc(C)c(CC(=O)N(Cc2ccc(Cl)cc2)C(C)C(=O)NC2CCCCC2)c1. The van der Waals surface area contributed by atoms with Gasteiger partial charge < -0.3 is 10.2 Å². The Morgan fingerprint density at radius 1 is 1.06 bits per heavy atom. The maximum absolute atomic E-state index is 13.4. The van der Waals surface area contributed by atoms with Gasteiger partial charge in [0, 0.05) is 17.6 Å². The van der Waals surface area contributed by atoms with Crippen LogP contribution >= 0.6 is 11.6 Å². The molecule has 3 rings (SSSR count). The molecule has 1 aliphatic rings. The van der Waals surface area contributed by atoms with E-state index in [0.29, 0.717) is 11.6 Å². The molecular formula is C26H33ClN2O2. The molecule has 0 saturated heterocycles. The predicted molar refractivity (Wildman–Crippen MR) is 126 cm³/mol. The first-order valence-corrected chi connectivity index (χ1v) is 11.6. The minimum atomic E-state index is -0.546. The first kappa shape index (κ1) is 23.3. The van der Waals surface area contributed by atoms with Gasteiger partial charge in [0.05, 0.1) is 6.42 Å². The van der Waals surface area contributed by atoms with Crippen molar-refractivity contribution in [3.63, 3.8) is 0 Å². The fourth-order valence-electron chi connectivity index (χ4n) is 4.19. The van der Waals surface area contributed by atoms with E-state index in [-0.39, 0.29) is 24.3 Å². The molecule has 0 radical (unpaired) electrons. The number of rotatable bonds is 7. The molecule has 0 aliphatic heterocycles. The van der Waals surface area contributed by atoms with Crippen LogP contribution in [-0.4, -0.2) is 28.8 Å². The number of hydrogen-bond acceptors (Lipinski definition) is 2. The normalized spacial score (nSPS) is 15.4. The minimum absolute atomic E-state index is 0.0463. The van der Waals surface area contributed by atoms with Crippen molar-refractivity contribution in [2.75, 3.05) is 0 Å². The molecule has 0 bridgehead atoms. The Labute approximate surface area is 191 Å². The van der Waals surface area contributed by atoms with Gasteiger partial charge in [-0.15, -0.1) is 0 Å². The van der Waals surface area contributed by atoms with Crippen molar-refractivity contribution in [1.82, 2.24) is 10.2 Å². The van der Waals surface area contributed by atoms with Gasteiger partial charge in [-0.05, 0) is 62.4 Å². The summed E-state index contributed by atoms with van der Waals surface area (Å²) in [6.07, 6.45) is 5.86. The zero-order chi connectivity index (χ0) is 22.4. The van der Waals surface area contributed by atoms with Crippen molar-refractivity contribution in [1.29, 1.82) is 0 Å². The van der Waals surface area contributed by atoms with E-state index in [1.54, 1.807) is 4.90 Å². The van der Waals surface area contributed by atoms with E-state index in [0.717, 1.165) is 47.9 Å². The Morgan fingerprint density at radius 2 is 1.74 bits per heavy atom. The highest BCUT2D eigenvalue weighted by Crippen LogP contribution is 2.20. The van der Waals surface area contributed by atoms with Crippen LogP contribution in [-0.2, 0) is 22.6 Å². The van der Waals surface area contributed by atoms with E-state index in [2.05, 4.69) is 17.4 Å². The molecule has 2 aromatic rings. The third-order valence-electron chi connectivity index (χ3n) is 6.23. The van der Waals surface area contributed by atoms with E-state index < -0.39 is 6.04 Å². The van der Waals surface area contributed by atoms with Gasteiger partial charge in [0.15, 0.2) is 0 Å². The lowest BCUT2D eigenvalue weighted by atomic mass is 9.95. The summed E-state index contributed by atoms with van der Waals surface area (Å²) in [5.74, 6) is -0.120. The van der Waals surface area contributed by atoms with Gasteiger partial charge in [-0.1, -0.05) is 66.8 Å². The van der Waals surface area contributed by atoms with E-state index in [4.69, 9.17) is 11.6 Å². The van der Waals surface area contributed by atoms with Crippen molar-refractivity contribution in [3.05, 3.63) is 69.7 Å². The number of nitrogens with zero attached hydrogens (tertiary/aromatic N) is 1. The molecular weight excluding hydrogens is 408 g/mol. The number of hydrogen-bond donors (Lipinski definition) is 1. The topological polar surface area (TPSA) is 49.4 Å². The Hall–Kier alpha value is -2.33. The number of carbonyl (C=O) groups excluding carboxylic acids is 2. The highest BCUT2D eigenvalue weighted by atomic mass is 35.5. The summed E-state index contributed by atoms with van der Waals surface area (Å²) < 4.78 is 0. The molecule has 2 amide bonds. The fraction of sp³-hybridized carbons (Fsp3) is 0.462. The zero-order valence-electron chi connectivity index (χ0n) is 18.8. The molecule has 5 heteroatoms. The third kappa shape index (κ3) is 6.57. The minimum Gasteiger partial charge on any atom is -0.352 e. The maximum Gasteiger partial charge on any atom is 0.242 e. The van der Waals surface area contributed by atoms with Crippen LogP contribution in [0.1, 0.15) is 61.3 Å². The molecule has 2 aromatic carbocycles. The summed E-state index contributed by atoms with van der Waals surface area (Å²) >= 11 is 6.03. The smallest absolute Gasteiger partial charge is 0.242 e. The van der Waals surface area contributed by atoms with Gasteiger partial charge in [0.1, 0.15) is 6.04 Å². The van der Waals surface area contributed by atoms with Crippen LogP contribution in [0, 0.1) is 13.8 Å². The number of amides is 2. The van der Waals surface area contributed by atoms with Gasteiger partial charge in [-0.3, -0.25) is 9.59 Å². The van der Waals surface area contributed by atoms with E-state index >= 15 is 0 Å². The van der Waals surface area contributed by atoms with Crippen LogP contribution in [0.15, 0.2) is 42.5 Å². The van der Waals surface area contributed by atoms with Gasteiger partial charge >= 0.3 is 0 Å². The summed E-state index contributed by atoms with van der Waals surface area (Å²) in [6.45, 7) is 6.25. The summed E-state index contributed by atoms with van der Waals surface area (Å²) in [5.41, 5.74) is 4.17. The van der Waals surface area contributed by atoms with Crippen LogP contribution in [0.4, 0.5) is 0 Å². The second kappa shape index (κ2) is 10.8. The molecule has 1 N–H and O–H groups in total. The number of aryl methyl sites for hydroxylation is 2. The van der Waals surface area contributed by atoms with Crippen molar-refractivity contribution in [2.45, 2.75) is 77.9 Å². The lowest BCUT2D eigenvalue weighted by Crippen LogP contribution is -2.50. The molecule has 0 aromatic heterocycles. The molecule has 1 fully saturated rings. The summed E-state index contributed by atoms with van der Waals surface area (Å²) in [7, 11) is 0. The lowest BCUT2D eigenvalue weighted by Gasteiger charge is -2.31. The number of nitrogens with one attached hydrogen (secondary N) is 1. The molecule has 1 saturated carbocycles. The Kier molecular flexibility index (Phi) is 8.14. The maximum atomic E-state index is 13.4. The molecule has 166 valence electrons. The average molecular weight is 441 g/mol. The highest BCUT2D eigenvalue weighted by Gasteiger charge is 2.28. The monoisotopic (exact) mass is 440 g/mol. The fourth-order valence-corrected chi connectivity index (χ4v) is 4.32.